The number of aryl methyl sites for hydroxylation is 1. The summed E-state index contributed by atoms with van der Waals surface area (Å²) < 4.78 is 24.3. The second-order valence-corrected chi connectivity index (χ2v) is 4.03. The Morgan fingerprint density at radius 2 is 1.56 bits per heavy atom. The summed E-state index contributed by atoms with van der Waals surface area (Å²) in [5, 5.41) is 0. The zero-order chi connectivity index (χ0) is 13.1. The van der Waals surface area contributed by atoms with Crippen LogP contribution in [-0.4, -0.2) is 14.2 Å². The van der Waals surface area contributed by atoms with Crippen molar-refractivity contribution in [1.82, 2.24) is 0 Å². The molecular weight excluding hydrogens is 231 g/mol. The van der Waals surface area contributed by atoms with Crippen molar-refractivity contribution in [1.29, 1.82) is 0 Å². The molecule has 0 aromatic heterocycles. The Labute approximate surface area is 106 Å². The first-order chi connectivity index (χ1) is 8.65. The van der Waals surface area contributed by atoms with Crippen molar-refractivity contribution in [2.24, 2.45) is 0 Å². The number of hydrogen-bond acceptors (Lipinski definition) is 2. The lowest BCUT2D eigenvalue weighted by molar-refractivity contribution is 0.394. The van der Waals surface area contributed by atoms with E-state index < -0.39 is 0 Å². The first-order valence-electron chi connectivity index (χ1n) is 5.64. The largest absolute Gasteiger partial charge is 0.497 e. The standard InChI is InChI=1S/C15H15FO2/c1-10-5-4-6-14(16)15(10)11-7-12(17-2)9-13(8-11)18-3/h4-9H,1-3H3. The summed E-state index contributed by atoms with van der Waals surface area (Å²) in [6, 6.07) is 10.4. The van der Waals surface area contributed by atoms with E-state index in [9.17, 15) is 4.39 Å². The van der Waals surface area contributed by atoms with Gasteiger partial charge in [-0.15, -0.1) is 0 Å². The minimum atomic E-state index is -0.245. The van der Waals surface area contributed by atoms with Crippen molar-refractivity contribution in [3.05, 3.63) is 47.8 Å². The molecule has 2 aromatic carbocycles. The van der Waals surface area contributed by atoms with Crippen LogP contribution in [-0.2, 0) is 0 Å². The first kappa shape index (κ1) is 12.4. The predicted molar refractivity (Wildman–Crippen MR) is 69.7 cm³/mol. The topological polar surface area (TPSA) is 18.5 Å². The van der Waals surface area contributed by atoms with Crippen LogP contribution in [0.15, 0.2) is 36.4 Å². The lowest BCUT2D eigenvalue weighted by atomic mass is 9.99. The van der Waals surface area contributed by atoms with Crippen LogP contribution < -0.4 is 9.47 Å². The third-order valence-electron chi connectivity index (χ3n) is 2.86. The lowest BCUT2D eigenvalue weighted by Crippen LogP contribution is -1.92. The van der Waals surface area contributed by atoms with Crippen molar-refractivity contribution >= 4 is 0 Å². The van der Waals surface area contributed by atoms with E-state index in [4.69, 9.17) is 9.47 Å². The van der Waals surface area contributed by atoms with Gasteiger partial charge in [-0.2, -0.15) is 0 Å². The molecule has 94 valence electrons. The highest BCUT2D eigenvalue weighted by atomic mass is 19.1. The lowest BCUT2D eigenvalue weighted by Gasteiger charge is -2.11. The molecule has 0 amide bonds. The van der Waals surface area contributed by atoms with Gasteiger partial charge in [-0.3, -0.25) is 0 Å². The third-order valence-corrected chi connectivity index (χ3v) is 2.86. The molecule has 0 N–H and O–H groups in total. The molecule has 0 saturated carbocycles. The Morgan fingerprint density at radius 1 is 0.944 bits per heavy atom. The molecule has 0 aliphatic carbocycles. The van der Waals surface area contributed by atoms with Crippen LogP contribution in [0.2, 0.25) is 0 Å². The van der Waals surface area contributed by atoms with Gasteiger partial charge in [0.1, 0.15) is 17.3 Å². The van der Waals surface area contributed by atoms with E-state index in [2.05, 4.69) is 0 Å². The Balaban J connectivity index is 2.63. The van der Waals surface area contributed by atoms with Gasteiger partial charge in [-0.1, -0.05) is 12.1 Å². The maximum absolute atomic E-state index is 13.9. The van der Waals surface area contributed by atoms with Gasteiger partial charge in [0.05, 0.1) is 14.2 Å². The molecule has 0 aliphatic rings. The van der Waals surface area contributed by atoms with E-state index in [1.807, 2.05) is 13.0 Å². The molecule has 0 atom stereocenters. The van der Waals surface area contributed by atoms with Gasteiger partial charge in [-0.05, 0) is 36.2 Å². The van der Waals surface area contributed by atoms with Crippen LogP contribution in [0.3, 0.4) is 0 Å². The quantitative estimate of drug-likeness (QED) is 0.819. The molecule has 0 radical (unpaired) electrons. The maximum atomic E-state index is 13.9. The Hall–Kier alpha value is -2.03. The van der Waals surface area contributed by atoms with Gasteiger partial charge >= 0.3 is 0 Å². The van der Waals surface area contributed by atoms with E-state index in [1.54, 1.807) is 38.5 Å². The van der Waals surface area contributed by atoms with Crippen LogP contribution in [0.4, 0.5) is 4.39 Å². The molecule has 0 unspecified atom stereocenters. The summed E-state index contributed by atoms with van der Waals surface area (Å²) in [5.41, 5.74) is 2.21. The average molecular weight is 246 g/mol. The van der Waals surface area contributed by atoms with Crippen LogP contribution in [0.25, 0.3) is 11.1 Å². The second-order valence-electron chi connectivity index (χ2n) is 4.03. The minimum absolute atomic E-state index is 0.245. The molecule has 0 fully saturated rings. The van der Waals surface area contributed by atoms with Gasteiger partial charge in [0, 0.05) is 11.6 Å². The molecule has 0 aliphatic heterocycles. The second kappa shape index (κ2) is 5.08. The first-order valence-corrected chi connectivity index (χ1v) is 5.64. The fourth-order valence-electron chi connectivity index (χ4n) is 1.95. The van der Waals surface area contributed by atoms with E-state index in [0.29, 0.717) is 17.1 Å². The Bertz CT molecular complexity index is 522. The molecule has 18 heavy (non-hydrogen) atoms. The monoisotopic (exact) mass is 246 g/mol. The zero-order valence-corrected chi connectivity index (χ0v) is 10.7. The molecule has 0 saturated heterocycles. The Morgan fingerprint density at radius 3 is 2.06 bits per heavy atom. The molecule has 2 rings (SSSR count). The fourth-order valence-corrected chi connectivity index (χ4v) is 1.95. The van der Waals surface area contributed by atoms with E-state index in [0.717, 1.165) is 11.1 Å². The molecular formula is C15H15FO2. The zero-order valence-electron chi connectivity index (χ0n) is 10.7. The summed E-state index contributed by atoms with van der Waals surface area (Å²) in [6.07, 6.45) is 0. The van der Waals surface area contributed by atoms with E-state index >= 15 is 0 Å². The summed E-state index contributed by atoms with van der Waals surface area (Å²) in [5.74, 6) is 1.05. The average Bonchev–Trinajstić information content (AvgIpc) is 2.38. The molecule has 2 aromatic rings. The number of rotatable bonds is 3. The van der Waals surface area contributed by atoms with Gasteiger partial charge in [0.2, 0.25) is 0 Å². The molecule has 0 spiro atoms. The molecule has 2 nitrogen and oxygen atoms in total. The van der Waals surface area contributed by atoms with Gasteiger partial charge in [0.25, 0.3) is 0 Å². The summed E-state index contributed by atoms with van der Waals surface area (Å²) in [4.78, 5) is 0. The highest BCUT2D eigenvalue weighted by Gasteiger charge is 2.10. The fraction of sp³-hybridized carbons (Fsp3) is 0.200. The van der Waals surface area contributed by atoms with Crippen molar-refractivity contribution < 1.29 is 13.9 Å². The Kier molecular flexibility index (Phi) is 3.51. The smallest absolute Gasteiger partial charge is 0.131 e. The van der Waals surface area contributed by atoms with Crippen molar-refractivity contribution in [2.45, 2.75) is 6.92 Å². The predicted octanol–water partition coefficient (Wildman–Crippen LogP) is 3.82. The van der Waals surface area contributed by atoms with Crippen molar-refractivity contribution in [3.63, 3.8) is 0 Å². The van der Waals surface area contributed by atoms with Crippen molar-refractivity contribution in [3.8, 4) is 22.6 Å². The van der Waals surface area contributed by atoms with Crippen LogP contribution in [0.1, 0.15) is 5.56 Å². The number of halogens is 1. The van der Waals surface area contributed by atoms with Crippen LogP contribution in [0.5, 0.6) is 11.5 Å². The van der Waals surface area contributed by atoms with Crippen molar-refractivity contribution in [2.75, 3.05) is 14.2 Å². The maximum Gasteiger partial charge on any atom is 0.131 e. The summed E-state index contributed by atoms with van der Waals surface area (Å²) >= 11 is 0. The van der Waals surface area contributed by atoms with Crippen LogP contribution >= 0.6 is 0 Å². The third kappa shape index (κ3) is 2.30. The van der Waals surface area contributed by atoms with E-state index in [-0.39, 0.29) is 5.82 Å². The normalized spacial score (nSPS) is 10.2. The molecule has 3 heteroatoms. The summed E-state index contributed by atoms with van der Waals surface area (Å²) in [7, 11) is 3.15. The molecule has 0 heterocycles. The summed E-state index contributed by atoms with van der Waals surface area (Å²) in [6.45, 7) is 1.88. The molecule has 0 bridgehead atoms. The SMILES string of the molecule is COc1cc(OC)cc(-c2c(C)cccc2F)c1. The number of benzene rings is 2. The van der Waals surface area contributed by atoms with Gasteiger partial charge < -0.3 is 9.47 Å². The van der Waals surface area contributed by atoms with E-state index in [1.165, 1.54) is 6.07 Å². The highest BCUT2D eigenvalue weighted by Crippen LogP contribution is 2.33. The number of hydrogen-bond donors (Lipinski definition) is 0. The highest BCUT2D eigenvalue weighted by molar-refractivity contribution is 5.70. The van der Waals surface area contributed by atoms with Gasteiger partial charge in [-0.25, -0.2) is 4.39 Å². The van der Waals surface area contributed by atoms with Crippen LogP contribution in [0, 0.1) is 12.7 Å². The minimum Gasteiger partial charge on any atom is -0.497 e. The number of methoxy groups -OCH3 is 2. The number of ether oxygens (including phenoxy) is 2. The van der Waals surface area contributed by atoms with Gasteiger partial charge in [0.15, 0.2) is 0 Å².